The highest BCUT2D eigenvalue weighted by Gasteiger charge is 2.75. The average Bonchev–Trinajstić information content (AvgIpc) is 3.10. The lowest BCUT2D eigenvalue weighted by Crippen LogP contribution is -2.61. The summed E-state index contributed by atoms with van der Waals surface area (Å²) in [6.45, 7) is 12.0. The molecule has 3 amide bonds. The molecular weight excluding hydrogens is 482 g/mol. The predicted molar refractivity (Wildman–Crippen MR) is 144 cm³/mol. The lowest BCUT2D eigenvalue weighted by molar-refractivity contribution is -0.158. The van der Waals surface area contributed by atoms with E-state index < -0.39 is 40.7 Å². The third kappa shape index (κ3) is 3.75. The molecule has 0 bridgehead atoms. The lowest BCUT2D eigenvalue weighted by Gasteiger charge is -2.43. The van der Waals surface area contributed by atoms with Crippen LogP contribution < -0.4 is 4.90 Å². The van der Waals surface area contributed by atoms with Crippen LogP contribution in [0, 0.1) is 17.8 Å². The molecule has 38 heavy (non-hydrogen) atoms. The van der Waals surface area contributed by atoms with E-state index in [1.807, 2.05) is 96.2 Å². The fourth-order valence-corrected chi connectivity index (χ4v) is 6.88. The van der Waals surface area contributed by atoms with Crippen LogP contribution >= 0.6 is 0 Å². The number of anilines is 1. The number of benzene rings is 1. The molecule has 1 N–H and O–H groups in total. The maximum Gasteiger partial charge on any atom is 0.249 e. The summed E-state index contributed by atoms with van der Waals surface area (Å²) >= 11 is 0. The summed E-state index contributed by atoms with van der Waals surface area (Å²) in [5.41, 5.74) is -2.18. The number of ether oxygens (including phenoxy) is 1. The van der Waals surface area contributed by atoms with E-state index in [2.05, 4.69) is 0 Å². The zero-order valence-corrected chi connectivity index (χ0v) is 23.1. The zero-order chi connectivity index (χ0) is 27.6. The number of aliphatic hydroxyl groups excluding tert-OH is 1. The van der Waals surface area contributed by atoms with E-state index in [1.54, 1.807) is 14.7 Å². The van der Waals surface area contributed by atoms with Gasteiger partial charge in [0.1, 0.15) is 11.6 Å². The monoisotopic (exact) mass is 521 g/mol. The van der Waals surface area contributed by atoms with Gasteiger partial charge in [-0.3, -0.25) is 14.4 Å². The minimum Gasteiger partial charge on any atom is -0.394 e. The minimum absolute atomic E-state index is 0.111. The quantitative estimate of drug-likeness (QED) is 0.616. The van der Waals surface area contributed by atoms with Gasteiger partial charge in [-0.1, -0.05) is 56.4 Å². The second-order valence-corrected chi connectivity index (χ2v) is 12.4. The number of carbonyl (C=O) groups is 3. The third-order valence-corrected chi connectivity index (χ3v) is 8.69. The topological polar surface area (TPSA) is 90.4 Å². The van der Waals surface area contributed by atoms with Crippen molar-refractivity contribution in [3.05, 3.63) is 54.6 Å². The van der Waals surface area contributed by atoms with Crippen molar-refractivity contribution in [2.75, 3.05) is 24.6 Å². The van der Waals surface area contributed by atoms with Crippen molar-refractivity contribution < 1.29 is 24.2 Å². The van der Waals surface area contributed by atoms with Gasteiger partial charge in [-0.25, -0.2) is 0 Å². The molecule has 8 nitrogen and oxygen atoms in total. The number of para-hydroxylation sites is 1. The Hall–Kier alpha value is -2.97. The van der Waals surface area contributed by atoms with Crippen molar-refractivity contribution in [2.45, 2.75) is 70.4 Å². The first-order chi connectivity index (χ1) is 17.9. The summed E-state index contributed by atoms with van der Waals surface area (Å²) in [4.78, 5) is 48.2. The highest BCUT2D eigenvalue weighted by molar-refractivity contribution is 6.04. The normalized spacial score (nSPS) is 33.8. The van der Waals surface area contributed by atoms with E-state index in [4.69, 9.17) is 4.74 Å². The van der Waals surface area contributed by atoms with Crippen molar-refractivity contribution in [2.24, 2.45) is 17.8 Å². The Labute approximate surface area is 224 Å². The number of hydrogen-bond donors (Lipinski definition) is 1. The zero-order valence-electron chi connectivity index (χ0n) is 23.1. The van der Waals surface area contributed by atoms with Crippen molar-refractivity contribution >= 4 is 23.4 Å². The predicted octanol–water partition coefficient (Wildman–Crippen LogP) is 2.77. The second kappa shape index (κ2) is 9.06. The minimum atomic E-state index is -1.34. The van der Waals surface area contributed by atoms with Crippen molar-refractivity contribution in [1.82, 2.24) is 9.80 Å². The van der Waals surface area contributed by atoms with Gasteiger partial charge < -0.3 is 24.5 Å². The first-order valence-corrected chi connectivity index (χ1v) is 13.5. The Morgan fingerprint density at radius 2 is 1.63 bits per heavy atom. The molecule has 8 heteroatoms. The maximum absolute atomic E-state index is 14.5. The Bertz CT molecular complexity index is 1190. The lowest BCUT2D eigenvalue weighted by atomic mass is 9.74. The number of nitrogens with zero attached hydrogens (tertiary/aromatic N) is 3. The molecule has 0 saturated carbocycles. The molecule has 5 rings (SSSR count). The van der Waals surface area contributed by atoms with Crippen LogP contribution in [0.25, 0.3) is 0 Å². The molecule has 4 aliphatic heterocycles. The van der Waals surface area contributed by atoms with Crippen LogP contribution in [0.1, 0.15) is 41.5 Å². The van der Waals surface area contributed by atoms with Gasteiger partial charge >= 0.3 is 0 Å². The molecule has 2 saturated heterocycles. The summed E-state index contributed by atoms with van der Waals surface area (Å²) in [5, 5.41) is 10.4. The van der Waals surface area contributed by atoms with Gasteiger partial charge in [0, 0.05) is 24.3 Å². The average molecular weight is 522 g/mol. The number of likely N-dealkylation sites (tertiary alicyclic amines) is 1. The van der Waals surface area contributed by atoms with Crippen LogP contribution in [0.5, 0.6) is 0 Å². The molecule has 0 aliphatic carbocycles. The molecule has 6 atom stereocenters. The van der Waals surface area contributed by atoms with Gasteiger partial charge in [-0.15, -0.1) is 0 Å². The molecule has 204 valence electrons. The third-order valence-electron chi connectivity index (χ3n) is 8.69. The molecule has 0 aromatic heterocycles. The van der Waals surface area contributed by atoms with Crippen molar-refractivity contribution in [3.63, 3.8) is 0 Å². The van der Waals surface area contributed by atoms with Gasteiger partial charge in [-0.05, 0) is 45.7 Å². The summed E-state index contributed by atoms with van der Waals surface area (Å²) in [6, 6.07) is 7.82. The van der Waals surface area contributed by atoms with Gasteiger partial charge in [0.15, 0.2) is 0 Å². The molecule has 1 unspecified atom stereocenters. The van der Waals surface area contributed by atoms with Crippen LogP contribution in [-0.4, -0.2) is 81.1 Å². The van der Waals surface area contributed by atoms with Crippen molar-refractivity contribution in [1.29, 1.82) is 0 Å². The Morgan fingerprint density at radius 1 is 0.974 bits per heavy atom. The molecule has 0 radical (unpaired) electrons. The molecule has 4 aliphatic rings. The highest BCUT2D eigenvalue weighted by atomic mass is 16.5. The molecule has 2 fully saturated rings. The van der Waals surface area contributed by atoms with E-state index in [-0.39, 0.29) is 30.2 Å². The van der Waals surface area contributed by atoms with Crippen LogP contribution in [0.15, 0.2) is 54.6 Å². The fourth-order valence-electron chi connectivity index (χ4n) is 6.88. The maximum atomic E-state index is 14.5. The number of rotatable bonds is 4. The molecule has 1 aromatic carbocycles. The largest absolute Gasteiger partial charge is 0.394 e. The number of aliphatic hydroxyl groups is 1. The van der Waals surface area contributed by atoms with E-state index in [0.717, 1.165) is 5.69 Å². The SMILES string of the molecule is CC(C)[C@H](CO)N1C(=O)[C@@H]2[C@H]3C(=O)N(c4ccccc4)CC=C[C@@]3(C)O[C@@]23C=CCN(C(C)(C)C)C(=O)C13. The highest BCUT2D eigenvalue weighted by Crippen LogP contribution is 2.58. The second-order valence-electron chi connectivity index (χ2n) is 12.4. The van der Waals surface area contributed by atoms with Gasteiger partial charge in [0.25, 0.3) is 0 Å². The standard InChI is InChI=1S/C30H39N3O5/c1-19(2)21(18-34)33-24-27(37)32(28(3,4)5)17-11-15-30(24)23(26(33)36)22-25(35)31(20-12-8-7-9-13-20)16-10-14-29(22,6)38-30/h7-15,19,21-24,34H,16-18H2,1-6H3/t21-,22-,23-,24?,29+,30-/m0/s1. The van der Waals surface area contributed by atoms with E-state index in [1.165, 1.54) is 0 Å². The van der Waals surface area contributed by atoms with E-state index >= 15 is 0 Å². The van der Waals surface area contributed by atoms with Gasteiger partial charge in [0.05, 0.1) is 30.1 Å². The molecule has 1 spiro atoms. The Morgan fingerprint density at radius 3 is 2.24 bits per heavy atom. The Kier molecular flexibility index (Phi) is 6.35. The van der Waals surface area contributed by atoms with Gasteiger partial charge in [-0.2, -0.15) is 0 Å². The van der Waals surface area contributed by atoms with Crippen LogP contribution in [0.4, 0.5) is 5.69 Å². The van der Waals surface area contributed by atoms with E-state index in [9.17, 15) is 19.5 Å². The van der Waals surface area contributed by atoms with Crippen LogP contribution in [0.2, 0.25) is 0 Å². The number of carbonyl (C=O) groups excluding carboxylic acids is 3. The molecule has 1 aromatic rings. The molecule has 4 heterocycles. The van der Waals surface area contributed by atoms with Crippen LogP contribution in [-0.2, 0) is 19.1 Å². The fraction of sp³-hybridized carbons (Fsp3) is 0.567. The molecular formula is C30H39N3O5. The first-order valence-electron chi connectivity index (χ1n) is 13.5. The summed E-state index contributed by atoms with van der Waals surface area (Å²) < 4.78 is 6.88. The summed E-state index contributed by atoms with van der Waals surface area (Å²) in [7, 11) is 0. The van der Waals surface area contributed by atoms with E-state index in [0.29, 0.717) is 13.1 Å². The summed E-state index contributed by atoms with van der Waals surface area (Å²) in [5.74, 6) is -2.61. The Balaban J connectivity index is 1.69. The number of fused-ring (bicyclic) bond motifs is 2. The van der Waals surface area contributed by atoms with Crippen LogP contribution in [0.3, 0.4) is 0 Å². The first kappa shape index (κ1) is 26.6. The smallest absolute Gasteiger partial charge is 0.249 e. The summed E-state index contributed by atoms with van der Waals surface area (Å²) in [6.07, 6.45) is 7.55. The van der Waals surface area contributed by atoms with Crippen molar-refractivity contribution in [3.8, 4) is 0 Å². The number of hydrogen-bond acceptors (Lipinski definition) is 5. The number of amides is 3. The van der Waals surface area contributed by atoms with Gasteiger partial charge in [0.2, 0.25) is 17.7 Å².